The first-order valence-electron chi connectivity index (χ1n) is 8.89. The van der Waals surface area contributed by atoms with Crippen molar-refractivity contribution in [3.63, 3.8) is 0 Å². The molecule has 1 aliphatic rings. The molecule has 2 heterocycles. The maximum Gasteiger partial charge on any atom is 0.433 e. The predicted molar refractivity (Wildman–Crippen MR) is 96.7 cm³/mol. The van der Waals surface area contributed by atoms with E-state index in [0.717, 1.165) is 16.4 Å². The lowest BCUT2D eigenvalue weighted by molar-refractivity contribution is -0.141. The number of hydrogen-bond donors (Lipinski definition) is 2. The number of rotatable bonds is 4. The SMILES string of the molecule is O=c1cc(C(F)(F)F)nc(NC2CCN(S(=O)(=O)c3ccc(C(F)(F)F)cc3)CC2)[nH]1. The number of aromatic amines is 1. The minimum absolute atomic E-state index is 0.0236. The number of benzene rings is 1. The van der Waals surface area contributed by atoms with Crippen LogP contribution in [0, 0.1) is 0 Å². The Hall–Kier alpha value is -2.61. The number of sulfonamides is 1. The summed E-state index contributed by atoms with van der Waals surface area (Å²) in [5.41, 5.74) is -3.33. The van der Waals surface area contributed by atoms with Gasteiger partial charge in [0.05, 0.1) is 10.5 Å². The van der Waals surface area contributed by atoms with E-state index in [2.05, 4.69) is 15.3 Å². The smallest absolute Gasteiger partial charge is 0.353 e. The molecule has 1 aromatic carbocycles. The Morgan fingerprint density at radius 3 is 2.10 bits per heavy atom. The second-order valence-electron chi connectivity index (χ2n) is 6.82. The van der Waals surface area contributed by atoms with E-state index in [1.807, 2.05) is 0 Å². The zero-order valence-corrected chi connectivity index (χ0v) is 16.4. The molecule has 31 heavy (non-hydrogen) atoms. The Morgan fingerprint density at radius 2 is 1.58 bits per heavy atom. The molecule has 7 nitrogen and oxygen atoms in total. The summed E-state index contributed by atoms with van der Waals surface area (Å²) in [5, 5.41) is 2.66. The van der Waals surface area contributed by atoms with Gasteiger partial charge in [0.2, 0.25) is 16.0 Å². The molecule has 0 amide bonds. The largest absolute Gasteiger partial charge is 0.433 e. The van der Waals surface area contributed by atoms with Crippen molar-refractivity contribution in [2.45, 2.75) is 36.1 Å². The molecule has 0 atom stereocenters. The third-order valence-electron chi connectivity index (χ3n) is 4.65. The first-order valence-corrected chi connectivity index (χ1v) is 10.3. The van der Waals surface area contributed by atoms with Gasteiger partial charge in [0, 0.05) is 25.2 Å². The quantitative estimate of drug-likeness (QED) is 0.670. The fourth-order valence-electron chi connectivity index (χ4n) is 3.07. The Morgan fingerprint density at radius 1 is 1.00 bits per heavy atom. The molecular weight excluding hydrogens is 454 g/mol. The van der Waals surface area contributed by atoms with Gasteiger partial charge in [-0.25, -0.2) is 13.4 Å². The molecule has 3 rings (SSSR count). The van der Waals surface area contributed by atoms with E-state index in [1.54, 1.807) is 0 Å². The van der Waals surface area contributed by atoms with Crippen LogP contribution >= 0.6 is 0 Å². The highest BCUT2D eigenvalue weighted by Gasteiger charge is 2.35. The van der Waals surface area contributed by atoms with Gasteiger partial charge >= 0.3 is 12.4 Å². The molecule has 0 bridgehead atoms. The van der Waals surface area contributed by atoms with Crippen LogP contribution in [0.2, 0.25) is 0 Å². The van der Waals surface area contributed by atoms with Crippen LogP contribution in [0.15, 0.2) is 40.0 Å². The molecule has 0 aliphatic carbocycles. The number of alkyl halides is 6. The Labute approximate surface area is 172 Å². The number of piperidine rings is 1. The number of nitrogens with one attached hydrogen (secondary N) is 2. The molecule has 0 unspecified atom stereocenters. The second-order valence-corrected chi connectivity index (χ2v) is 8.76. The van der Waals surface area contributed by atoms with Crippen molar-refractivity contribution < 1.29 is 34.8 Å². The molecule has 1 aliphatic heterocycles. The Bertz CT molecular complexity index is 1090. The first kappa shape index (κ1) is 23.1. The van der Waals surface area contributed by atoms with Crippen molar-refractivity contribution in [1.82, 2.24) is 14.3 Å². The van der Waals surface area contributed by atoms with Gasteiger partial charge in [-0.05, 0) is 37.1 Å². The van der Waals surface area contributed by atoms with Crippen molar-refractivity contribution in [3.05, 3.63) is 51.9 Å². The number of H-pyrrole nitrogens is 1. The monoisotopic (exact) mass is 470 g/mol. The van der Waals surface area contributed by atoms with E-state index in [4.69, 9.17) is 0 Å². The molecule has 1 fully saturated rings. The molecule has 0 saturated carbocycles. The zero-order chi connectivity index (χ0) is 23.0. The van der Waals surface area contributed by atoms with Gasteiger partial charge in [0.1, 0.15) is 0 Å². The summed E-state index contributed by atoms with van der Waals surface area (Å²) in [4.78, 5) is 16.6. The minimum atomic E-state index is -4.80. The summed E-state index contributed by atoms with van der Waals surface area (Å²) in [6, 6.07) is 2.96. The van der Waals surface area contributed by atoms with Gasteiger partial charge in [-0.3, -0.25) is 9.78 Å². The van der Waals surface area contributed by atoms with Crippen LogP contribution < -0.4 is 10.9 Å². The van der Waals surface area contributed by atoms with Gasteiger partial charge in [0.15, 0.2) is 5.69 Å². The maximum atomic E-state index is 12.8. The summed E-state index contributed by atoms with van der Waals surface area (Å²) in [6.45, 7) is -0.0472. The van der Waals surface area contributed by atoms with Gasteiger partial charge in [0.25, 0.3) is 5.56 Å². The third kappa shape index (κ3) is 5.36. The third-order valence-corrected chi connectivity index (χ3v) is 6.56. The van der Waals surface area contributed by atoms with Crippen molar-refractivity contribution >= 4 is 16.0 Å². The van der Waals surface area contributed by atoms with E-state index in [-0.39, 0.29) is 36.8 Å². The predicted octanol–water partition coefficient (Wildman–Crippen LogP) is 3.07. The molecule has 170 valence electrons. The van der Waals surface area contributed by atoms with Gasteiger partial charge in [-0.15, -0.1) is 0 Å². The lowest BCUT2D eigenvalue weighted by Crippen LogP contribution is -2.42. The van der Waals surface area contributed by atoms with Crippen LogP contribution in [-0.4, -0.2) is 41.8 Å². The first-order chi connectivity index (χ1) is 14.3. The highest BCUT2D eigenvalue weighted by Crippen LogP contribution is 2.31. The zero-order valence-electron chi connectivity index (χ0n) is 15.6. The van der Waals surface area contributed by atoms with Crippen LogP contribution in [0.5, 0.6) is 0 Å². The van der Waals surface area contributed by atoms with Crippen molar-refractivity contribution in [3.8, 4) is 0 Å². The maximum absolute atomic E-state index is 12.8. The average Bonchev–Trinajstić information content (AvgIpc) is 2.67. The molecule has 0 spiro atoms. The van der Waals surface area contributed by atoms with Crippen molar-refractivity contribution in [2.75, 3.05) is 18.4 Å². The standard InChI is InChI=1S/C17H16F6N4O3S/c18-16(19,20)10-1-3-12(4-2-10)31(29,30)27-7-5-11(6-8-27)24-15-25-13(17(21,22)23)9-14(28)26-15/h1-4,9,11H,5-8H2,(H2,24,25,26,28). The van der Waals surface area contributed by atoms with Crippen LogP contribution in [0.1, 0.15) is 24.1 Å². The fourth-order valence-corrected chi connectivity index (χ4v) is 4.54. The lowest BCUT2D eigenvalue weighted by atomic mass is 10.1. The molecule has 2 N–H and O–H groups in total. The summed E-state index contributed by atoms with van der Waals surface area (Å²) >= 11 is 0. The summed E-state index contributed by atoms with van der Waals surface area (Å²) in [6.07, 6.45) is -9.03. The van der Waals surface area contributed by atoms with Crippen LogP contribution in [0.4, 0.5) is 32.3 Å². The van der Waals surface area contributed by atoms with Gasteiger partial charge in [-0.2, -0.15) is 30.6 Å². The van der Waals surface area contributed by atoms with E-state index in [9.17, 15) is 39.6 Å². The molecule has 14 heteroatoms. The average molecular weight is 470 g/mol. The van der Waals surface area contributed by atoms with E-state index in [0.29, 0.717) is 18.2 Å². The molecule has 0 radical (unpaired) electrons. The molecular formula is C17H16F6N4O3S. The molecule has 1 aromatic heterocycles. The van der Waals surface area contributed by atoms with Crippen LogP contribution in [0.25, 0.3) is 0 Å². The number of hydrogen-bond acceptors (Lipinski definition) is 5. The van der Waals surface area contributed by atoms with Crippen molar-refractivity contribution in [1.29, 1.82) is 0 Å². The summed E-state index contributed by atoms with van der Waals surface area (Å²) in [7, 11) is -4.04. The second kappa shape index (κ2) is 8.15. The Balaban J connectivity index is 1.67. The fraction of sp³-hybridized carbons (Fsp3) is 0.412. The summed E-state index contributed by atoms with van der Waals surface area (Å²) in [5.74, 6) is -0.385. The van der Waals surface area contributed by atoms with Gasteiger partial charge < -0.3 is 5.32 Å². The molecule has 1 saturated heterocycles. The van der Waals surface area contributed by atoms with Crippen molar-refractivity contribution in [2.24, 2.45) is 0 Å². The highest BCUT2D eigenvalue weighted by atomic mass is 32.2. The topological polar surface area (TPSA) is 95.2 Å². The summed E-state index contributed by atoms with van der Waals surface area (Å²) < 4.78 is 103. The minimum Gasteiger partial charge on any atom is -0.353 e. The van der Waals surface area contributed by atoms with Crippen LogP contribution in [-0.2, 0) is 22.4 Å². The van der Waals surface area contributed by atoms with Crippen LogP contribution in [0.3, 0.4) is 0 Å². The van der Waals surface area contributed by atoms with Gasteiger partial charge in [-0.1, -0.05) is 0 Å². The normalized spacial score (nSPS) is 17.0. The van der Waals surface area contributed by atoms with E-state index >= 15 is 0 Å². The van der Waals surface area contributed by atoms with E-state index in [1.165, 1.54) is 0 Å². The Kier molecular flexibility index (Phi) is 6.06. The number of aromatic nitrogens is 2. The highest BCUT2D eigenvalue weighted by molar-refractivity contribution is 7.89. The van der Waals surface area contributed by atoms with E-state index < -0.39 is 45.2 Å². The lowest BCUT2D eigenvalue weighted by Gasteiger charge is -2.31. The number of anilines is 1. The number of halogens is 6. The molecule has 2 aromatic rings. The number of nitrogens with zero attached hydrogens (tertiary/aromatic N) is 2.